The number of likely N-dealkylation sites (tertiary alicyclic amines) is 1. The Hall–Kier alpha value is -3.97. The van der Waals surface area contributed by atoms with Crippen molar-refractivity contribution in [3.8, 4) is 11.5 Å². The first-order valence-electron chi connectivity index (χ1n) is 13.5. The van der Waals surface area contributed by atoms with E-state index in [1.54, 1.807) is 11.0 Å². The number of hydrogen-bond acceptors (Lipinski definition) is 6. The Morgan fingerprint density at radius 2 is 1.64 bits per heavy atom. The number of ether oxygens (including phenoxy) is 2. The van der Waals surface area contributed by atoms with Crippen LogP contribution in [0.15, 0.2) is 72.8 Å². The zero-order chi connectivity index (χ0) is 27.0. The van der Waals surface area contributed by atoms with Crippen molar-refractivity contribution in [2.24, 2.45) is 0 Å². The largest absolute Gasteiger partial charge is 0.489 e. The van der Waals surface area contributed by atoms with Gasteiger partial charge in [0.25, 0.3) is 5.91 Å². The molecule has 39 heavy (non-hydrogen) atoms. The maximum atomic E-state index is 13.1. The average molecular weight is 525 g/mol. The summed E-state index contributed by atoms with van der Waals surface area (Å²) in [5.41, 5.74) is 3.49. The third-order valence-corrected chi connectivity index (χ3v) is 7.82. The van der Waals surface area contributed by atoms with E-state index in [0.29, 0.717) is 37.3 Å². The Labute approximate surface area is 228 Å². The summed E-state index contributed by atoms with van der Waals surface area (Å²) >= 11 is 0. The van der Waals surface area contributed by atoms with E-state index in [2.05, 4.69) is 36.1 Å². The zero-order valence-corrected chi connectivity index (χ0v) is 22.1. The molecule has 3 aromatic rings. The maximum Gasteiger partial charge on any atom is 0.255 e. The Morgan fingerprint density at radius 1 is 0.897 bits per heavy atom. The van der Waals surface area contributed by atoms with Crippen LogP contribution in [0.5, 0.6) is 11.5 Å². The van der Waals surface area contributed by atoms with Gasteiger partial charge in [-0.1, -0.05) is 48.5 Å². The van der Waals surface area contributed by atoms with Crippen molar-refractivity contribution in [1.82, 2.24) is 9.80 Å². The summed E-state index contributed by atoms with van der Waals surface area (Å²) in [5, 5.41) is 0. The molecular weight excluding hydrogens is 492 g/mol. The van der Waals surface area contributed by atoms with Crippen LogP contribution in [0.4, 0.5) is 0 Å². The van der Waals surface area contributed by atoms with Crippen molar-refractivity contribution in [1.29, 1.82) is 0 Å². The van der Waals surface area contributed by atoms with Gasteiger partial charge < -0.3 is 14.4 Å². The second-order valence-corrected chi connectivity index (χ2v) is 11.1. The van der Waals surface area contributed by atoms with Gasteiger partial charge in [0.2, 0.25) is 0 Å². The number of nitrogens with zero attached hydrogens (tertiary/aromatic N) is 2. The van der Waals surface area contributed by atoms with E-state index in [1.807, 2.05) is 42.5 Å². The van der Waals surface area contributed by atoms with Crippen LogP contribution in [0.2, 0.25) is 0 Å². The molecule has 3 aromatic carbocycles. The predicted octanol–water partition coefficient (Wildman–Crippen LogP) is 4.57. The smallest absolute Gasteiger partial charge is 0.255 e. The van der Waals surface area contributed by atoms with E-state index in [0.717, 1.165) is 36.5 Å². The summed E-state index contributed by atoms with van der Waals surface area (Å²) in [7, 11) is 0. The molecule has 3 aliphatic rings. The van der Waals surface area contributed by atoms with Gasteiger partial charge in [-0.05, 0) is 48.7 Å². The molecule has 1 atom stereocenters. The lowest BCUT2D eigenvalue weighted by Gasteiger charge is -2.47. The van der Waals surface area contributed by atoms with E-state index >= 15 is 0 Å². The van der Waals surface area contributed by atoms with Crippen molar-refractivity contribution < 1.29 is 23.9 Å². The minimum absolute atomic E-state index is 0.0455. The highest BCUT2D eigenvalue weighted by atomic mass is 16.5. The van der Waals surface area contributed by atoms with Crippen LogP contribution < -0.4 is 9.47 Å². The summed E-state index contributed by atoms with van der Waals surface area (Å²) in [5.74, 6) is 1.19. The maximum absolute atomic E-state index is 13.1. The highest BCUT2D eigenvalue weighted by molar-refractivity contribution is 6.07. The summed E-state index contributed by atoms with van der Waals surface area (Å²) in [4.78, 5) is 41.1. The molecule has 0 spiro atoms. The zero-order valence-electron chi connectivity index (χ0n) is 22.1. The first kappa shape index (κ1) is 25.3. The molecule has 0 bridgehead atoms. The molecule has 2 fully saturated rings. The molecule has 1 saturated heterocycles. The molecule has 0 aromatic heterocycles. The summed E-state index contributed by atoms with van der Waals surface area (Å²) in [6.07, 6.45) is 0.660. The Balaban J connectivity index is 1.03. The number of carbonyl (C=O) groups is 3. The minimum atomic E-state index is -0.530. The highest BCUT2D eigenvalue weighted by Gasteiger charge is 2.41. The molecule has 7 nitrogen and oxygen atoms in total. The normalized spacial score (nSPS) is 20.5. The molecule has 2 heterocycles. The molecule has 0 N–H and O–H groups in total. The van der Waals surface area contributed by atoms with Crippen LogP contribution in [-0.4, -0.2) is 52.0 Å². The van der Waals surface area contributed by atoms with Gasteiger partial charge in [0, 0.05) is 37.2 Å². The predicted molar refractivity (Wildman–Crippen MR) is 145 cm³/mol. The first-order chi connectivity index (χ1) is 18.9. The van der Waals surface area contributed by atoms with Crippen LogP contribution in [0.1, 0.15) is 53.2 Å². The number of carbonyl (C=O) groups excluding carboxylic acids is 3. The first-order valence-corrected chi connectivity index (χ1v) is 13.5. The fraction of sp³-hybridized carbons (Fsp3) is 0.344. The fourth-order valence-corrected chi connectivity index (χ4v) is 5.91. The molecule has 0 radical (unpaired) electrons. The van der Waals surface area contributed by atoms with Gasteiger partial charge >= 0.3 is 0 Å². The SMILES string of the molecule is CC1(Oc2ccccc2)CN(Cc2ccc(COc3cccc4c3CN(C3CCC(=O)CC3=O)C4=O)cc2)C1. The van der Waals surface area contributed by atoms with Gasteiger partial charge in [-0.3, -0.25) is 19.3 Å². The highest BCUT2D eigenvalue weighted by Crippen LogP contribution is 2.35. The molecule has 2 aliphatic heterocycles. The Morgan fingerprint density at radius 3 is 2.38 bits per heavy atom. The van der Waals surface area contributed by atoms with Crippen molar-refractivity contribution in [2.75, 3.05) is 13.1 Å². The standard InChI is InChI=1S/C32H32N2O5/c1-32(39-25-6-3-2-4-7-25)20-33(21-32)17-22-10-12-23(13-11-22)19-38-30-9-5-8-26-27(30)18-34(31(26)37)28-15-14-24(35)16-29(28)36/h2-13,28H,14-21H2,1H3. The molecule has 1 unspecified atom stereocenters. The van der Waals surface area contributed by atoms with Crippen molar-refractivity contribution >= 4 is 17.5 Å². The summed E-state index contributed by atoms with van der Waals surface area (Å²) in [6.45, 7) is 5.49. The lowest BCUT2D eigenvalue weighted by molar-refractivity contribution is -0.133. The average Bonchev–Trinajstić information content (AvgIpc) is 3.24. The lowest BCUT2D eigenvalue weighted by Crippen LogP contribution is -2.62. The topological polar surface area (TPSA) is 76.2 Å². The number of Topliss-reactive ketones (excluding diaryl/α,β-unsaturated/α-hetero) is 2. The number of hydrogen-bond donors (Lipinski definition) is 0. The molecule has 200 valence electrons. The number of fused-ring (bicyclic) bond motifs is 1. The van der Waals surface area contributed by atoms with Crippen LogP contribution in [0, 0.1) is 0 Å². The number of benzene rings is 3. The van der Waals surface area contributed by atoms with E-state index in [4.69, 9.17) is 9.47 Å². The number of amides is 1. The van der Waals surface area contributed by atoms with Crippen LogP contribution in [0.25, 0.3) is 0 Å². The van der Waals surface area contributed by atoms with Gasteiger partial charge in [-0.2, -0.15) is 0 Å². The lowest BCUT2D eigenvalue weighted by atomic mass is 9.92. The van der Waals surface area contributed by atoms with E-state index < -0.39 is 6.04 Å². The van der Waals surface area contributed by atoms with Crippen LogP contribution in [0.3, 0.4) is 0 Å². The number of rotatable bonds is 8. The van der Waals surface area contributed by atoms with Crippen LogP contribution >= 0.6 is 0 Å². The number of para-hydroxylation sites is 1. The van der Waals surface area contributed by atoms with E-state index in [9.17, 15) is 14.4 Å². The quantitative estimate of drug-likeness (QED) is 0.402. The molecule has 1 saturated carbocycles. The third-order valence-electron chi connectivity index (χ3n) is 7.82. The monoisotopic (exact) mass is 524 g/mol. The second kappa shape index (κ2) is 10.3. The van der Waals surface area contributed by atoms with Gasteiger partial charge in [0.15, 0.2) is 5.78 Å². The van der Waals surface area contributed by atoms with Gasteiger partial charge in [0.05, 0.1) is 19.0 Å². The van der Waals surface area contributed by atoms with Gasteiger partial charge in [-0.25, -0.2) is 0 Å². The molecule has 7 heteroatoms. The molecule has 1 aliphatic carbocycles. The molecular formula is C32H32N2O5. The van der Waals surface area contributed by atoms with Crippen molar-refractivity contribution in [3.63, 3.8) is 0 Å². The summed E-state index contributed by atoms with van der Waals surface area (Å²) < 4.78 is 12.3. The summed E-state index contributed by atoms with van der Waals surface area (Å²) in [6, 6.07) is 23.3. The van der Waals surface area contributed by atoms with Crippen LogP contribution in [-0.2, 0) is 29.3 Å². The van der Waals surface area contributed by atoms with E-state index in [1.165, 1.54) is 5.56 Å². The van der Waals surface area contributed by atoms with Gasteiger partial charge in [0.1, 0.15) is 29.5 Å². The minimum Gasteiger partial charge on any atom is -0.489 e. The van der Waals surface area contributed by atoms with Crippen molar-refractivity contribution in [2.45, 2.75) is 57.5 Å². The fourth-order valence-electron chi connectivity index (χ4n) is 5.91. The van der Waals surface area contributed by atoms with Crippen molar-refractivity contribution in [3.05, 3.63) is 95.1 Å². The Kier molecular flexibility index (Phi) is 6.69. The van der Waals surface area contributed by atoms with E-state index in [-0.39, 0.29) is 29.5 Å². The second-order valence-electron chi connectivity index (χ2n) is 11.1. The van der Waals surface area contributed by atoms with Gasteiger partial charge in [-0.15, -0.1) is 0 Å². The molecule has 1 amide bonds. The number of ketones is 2. The Bertz CT molecular complexity index is 1400. The molecule has 6 rings (SSSR count). The third kappa shape index (κ3) is 5.32.